The maximum absolute atomic E-state index is 12.7. The van der Waals surface area contributed by atoms with Gasteiger partial charge in [0.15, 0.2) is 0 Å². The van der Waals surface area contributed by atoms with Crippen molar-refractivity contribution >= 4 is 17.5 Å². The fourth-order valence-electron chi connectivity index (χ4n) is 4.69. The number of carbonyl (C=O) groups is 1. The van der Waals surface area contributed by atoms with E-state index in [2.05, 4.69) is 27.1 Å². The molecule has 0 spiro atoms. The molecular weight excluding hydrogens is 388 g/mol. The quantitative estimate of drug-likeness (QED) is 0.761. The van der Waals surface area contributed by atoms with Gasteiger partial charge < -0.3 is 15.1 Å². The molecule has 4 rings (SSSR count). The molecule has 7 heteroatoms. The molecule has 166 valence electrons. The second-order valence-corrected chi connectivity index (χ2v) is 8.90. The van der Waals surface area contributed by atoms with Gasteiger partial charge in [-0.3, -0.25) is 9.78 Å². The highest BCUT2D eigenvalue weighted by molar-refractivity contribution is 5.76. The van der Waals surface area contributed by atoms with Gasteiger partial charge in [-0.05, 0) is 58.2 Å². The van der Waals surface area contributed by atoms with E-state index in [9.17, 15) is 4.79 Å². The first-order valence-corrected chi connectivity index (χ1v) is 11.6. The molecule has 31 heavy (non-hydrogen) atoms. The highest BCUT2D eigenvalue weighted by atomic mass is 16.2. The summed E-state index contributed by atoms with van der Waals surface area (Å²) in [5.74, 6) is 2.12. The molecule has 7 nitrogen and oxygen atoms in total. The van der Waals surface area contributed by atoms with Crippen LogP contribution in [0.15, 0.2) is 30.6 Å². The normalized spacial score (nSPS) is 20.6. The highest BCUT2D eigenvalue weighted by Gasteiger charge is 2.26. The standard InChI is InChI=1S/C24H34N6O/c1-18-6-5-8-22(26-18)28-23-17-25-16-21(27-23)20-9-13-30(14-10-20)24(31)11-15-29-12-4-3-7-19(29)2/h5-6,8,16-17,19-20H,3-4,7,9-15H2,1-2H3,(H,26,27,28). The Hall–Kier alpha value is -2.54. The first kappa shape index (κ1) is 21.7. The number of hydrogen-bond donors (Lipinski definition) is 1. The molecule has 1 N–H and O–H groups in total. The average Bonchev–Trinajstić information content (AvgIpc) is 2.79. The van der Waals surface area contributed by atoms with Crippen molar-refractivity contribution in [1.29, 1.82) is 0 Å². The van der Waals surface area contributed by atoms with Crippen molar-refractivity contribution in [2.45, 2.75) is 64.3 Å². The van der Waals surface area contributed by atoms with Gasteiger partial charge in [-0.15, -0.1) is 0 Å². The molecule has 0 radical (unpaired) electrons. The largest absolute Gasteiger partial charge is 0.343 e. The molecule has 2 saturated heterocycles. The molecule has 1 unspecified atom stereocenters. The summed E-state index contributed by atoms with van der Waals surface area (Å²) in [4.78, 5) is 30.9. The van der Waals surface area contributed by atoms with Crippen LogP contribution in [0.3, 0.4) is 0 Å². The summed E-state index contributed by atoms with van der Waals surface area (Å²) in [6.07, 6.45) is 9.94. The van der Waals surface area contributed by atoms with Crippen LogP contribution in [0.2, 0.25) is 0 Å². The van der Waals surface area contributed by atoms with Gasteiger partial charge in [-0.1, -0.05) is 12.5 Å². The van der Waals surface area contributed by atoms with Crippen molar-refractivity contribution in [1.82, 2.24) is 24.8 Å². The second kappa shape index (κ2) is 10.2. The third-order valence-electron chi connectivity index (χ3n) is 6.62. The van der Waals surface area contributed by atoms with Crippen molar-refractivity contribution in [3.8, 4) is 0 Å². The number of rotatable bonds is 6. The van der Waals surface area contributed by atoms with E-state index in [0.717, 1.165) is 56.2 Å². The van der Waals surface area contributed by atoms with Gasteiger partial charge in [0.2, 0.25) is 5.91 Å². The van der Waals surface area contributed by atoms with Crippen LogP contribution in [-0.4, -0.2) is 62.9 Å². The number of likely N-dealkylation sites (tertiary alicyclic amines) is 2. The van der Waals surface area contributed by atoms with Gasteiger partial charge in [0.05, 0.1) is 11.9 Å². The summed E-state index contributed by atoms with van der Waals surface area (Å²) < 4.78 is 0. The van der Waals surface area contributed by atoms with Crippen LogP contribution < -0.4 is 5.32 Å². The fourth-order valence-corrected chi connectivity index (χ4v) is 4.69. The topological polar surface area (TPSA) is 74.2 Å². The van der Waals surface area contributed by atoms with E-state index in [1.165, 1.54) is 19.3 Å². The van der Waals surface area contributed by atoms with Crippen LogP contribution in [0.1, 0.15) is 62.8 Å². The minimum Gasteiger partial charge on any atom is -0.343 e. The molecule has 4 heterocycles. The Bertz CT molecular complexity index is 880. The van der Waals surface area contributed by atoms with E-state index in [4.69, 9.17) is 4.98 Å². The molecule has 0 aromatic carbocycles. The number of nitrogens with zero attached hydrogens (tertiary/aromatic N) is 5. The zero-order chi connectivity index (χ0) is 21.6. The Morgan fingerprint density at radius 2 is 1.90 bits per heavy atom. The van der Waals surface area contributed by atoms with Crippen molar-refractivity contribution in [3.05, 3.63) is 42.0 Å². The van der Waals surface area contributed by atoms with Gasteiger partial charge >= 0.3 is 0 Å². The van der Waals surface area contributed by atoms with Gasteiger partial charge in [0.25, 0.3) is 0 Å². The molecule has 2 aromatic heterocycles. The SMILES string of the molecule is Cc1cccc(Nc2cncc(C3CCN(C(=O)CCN4CCCCC4C)CC3)n2)n1. The lowest BCUT2D eigenvalue weighted by atomic mass is 9.93. The third kappa shape index (κ3) is 5.79. The van der Waals surface area contributed by atoms with Gasteiger partial charge in [-0.2, -0.15) is 0 Å². The van der Waals surface area contributed by atoms with Crippen molar-refractivity contribution < 1.29 is 4.79 Å². The molecule has 2 aliphatic rings. The van der Waals surface area contributed by atoms with E-state index >= 15 is 0 Å². The van der Waals surface area contributed by atoms with Crippen LogP contribution in [-0.2, 0) is 4.79 Å². The van der Waals surface area contributed by atoms with E-state index in [-0.39, 0.29) is 0 Å². The molecule has 0 saturated carbocycles. The first-order chi connectivity index (χ1) is 15.1. The number of nitrogens with one attached hydrogen (secondary N) is 1. The molecule has 0 bridgehead atoms. The van der Waals surface area contributed by atoms with Crippen LogP contribution in [0.4, 0.5) is 11.6 Å². The number of carbonyl (C=O) groups excluding carboxylic acids is 1. The number of aromatic nitrogens is 3. The predicted molar refractivity (Wildman–Crippen MR) is 122 cm³/mol. The third-order valence-corrected chi connectivity index (χ3v) is 6.62. The molecule has 1 amide bonds. The lowest BCUT2D eigenvalue weighted by molar-refractivity contribution is -0.132. The van der Waals surface area contributed by atoms with Crippen LogP contribution >= 0.6 is 0 Å². The van der Waals surface area contributed by atoms with Crippen LogP contribution in [0.25, 0.3) is 0 Å². The smallest absolute Gasteiger partial charge is 0.223 e. The molecule has 1 atom stereocenters. The Kier molecular flexibility index (Phi) is 7.12. The zero-order valence-electron chi connectivity index (χ0n) is 18.8. The monoisotopic (exact) mass is 422 g/mol. The number of anilines is 2. The zero-order valence-corrected chi connectivity index (χ0v) is 18.8. The lowest BCUT2D eigenvalue weighted by Crippen LogP contribution is -2.42. The Balaban J connectivity index is 1.28. The average molecular weight is 423 g/mol. The molecule has 2 aromatic rings. The van der Waals surface area contributed by atoms with Crippen molar-refractivity contribution in [2.24, 2.45) is 0 Å². The Labute approximate surface area is 185 Å². The summed E-state index contributed by atoms with van der Waals surface area (Å²) in [7, 11) is 0. The first-order valence-electron chi connectivity index (χ1n) is 11.6. The van der Waals surface area contributed by atoms with E-state index < -0.39 is 0 Å². The van der Waals surface area contributed by atoms with Gasteiger partial charge in [0, 0.05) is 49.9 Å². The summed E-state index contributed by atoms with van der Waals surface area (Å²) in [5.41, 5.74) is 1.95. The second-order valence-electron chi connectivity index (χ2n) is 8.90. The molecule has 2 fully saturated rings. The van der Waals surface area contributed by atoms with Crippen molar-refractivity contribution in [2.75, 3.05) is 31.5 Å². The van der Waals surface area contributed by atoms with Crippen LogP contribution in [0.5, 0.6) is 0 Å². The van der Waals surface area contributed by atoms with Crippen LogP contribution in [0, 0.1) is 6.92 Å². The van der Waals surface area contributed by atoms with E-state index in [1.807, 2.05) is 36.2 Å². The Morgan fingerprint density at radius 1 is 1.06 bits per heavy atom. The Morgan fingerprint density at radius 3 is 2.68 bits per heavy atom. The highest BCUT2D eigenvalue weighted by Crippen LogP contribution is 2.28. The van der Waals surface area contributed by atoms with E-state index in [1.54, 1.807) is 6.20 Å². The maximum atomic E-state index is 12.7. The minimum absolute atomic E-state index is 0.295. The number of amides is 1. The molecular formula is C24H34N6O. The number of piperidine rings is 2. The molecule has 0 aliphatic carbocycles. The van der Waals surface area contributed by atoms with Crippen molar-refractivity contribution in [3.63, 3.8) is 0 Å². The number of hydrogen-bond acceptors (Lipinski definition) is 6. The number of pyridine rings is 1. The fraction of sp³-hybridized carbons (Fsp3) is 0.583. The maximum Gasteiger partial charge on any atom is 0.223 e. The summed E-state index contributed by atoms with van der Waals surface area (Å²) in [6, 6.07) is 6.48. The lowest BCUT2D eigenvalue weighted by Gasteiger charge is -2.35. The van der Waals surface area contributed by atoms with E-state index in [0.29, 0.717) is 30.1 Å². The van der Waals surface area contributed by atoms with Gasteiger partial charge in [-0.25, -0.2) is 9.97 Å². The summed E-state index contributed by atoms with van der Waals surface area (Å²) in [5, 5.41) is 3.25. The predicted octanol–water partition coefficient (Wildman–Crippen LogP) is 3.89. The summed E-state index contributed by atoms with van der Waals surface area (Å²) in [6.45, 7) is 7.89. The minimum atomic E-state index is 0.295. The number of aryl methyl sites for hydroxylation is 1. The summed E-state index contributed by atoms with van der Waals surface area (Å²) >= 11 is 0. The van der Waals surface area contributed by atoms with Gasteiger partial charge in [0.1, 0.15) is 11.6 Å². The molecule has 2 aliphatic heterocycles.